The molecule has 1 atom stereocenters. The molecule has 0 aliphatic carbocycles. The summed E-state index contributed by atoms with van der Waals surface area (Å²) in [7, 11) is 1.71. The first-order chi connectivity index (χ1) is 12.8. The van der Waals surface area contributed by atoms with E-state index in [9.17, 15) is 9.90 Å². The van der Waals surface area contributed by atoms with Gasteiger partial charge in [0.15, 0.2) is 11.8 Å². The maximum Gasteiger partial charge on any atom is 0.304 e. The smallest absolute Gasteiger partial charge is 0.304 e. The van der Waals surface area contributed by atoms with Crippen molar-refractivity contribution in [2.45, 2.75) is 20.0 Å². The molecule has 0 saturated carbocycles. The molecule has 0 fully saturated rings. The number of aromatic hydroxyl groups is 1. The summed E-state index contributed by atoms with van der Waals surface area (Å²) >= 11 is 9.32. The van der Waals surface area contributed by atoms with E-state index < -0.39 is 12.0 Å². The molecule has 0 aliphatic heterocycles. The number of benzene rings is 2. The van der Waals surface area contributed by atoms with Crippen molar-refractivity contribution in [2.75, 3.05) is 0 Å². The number of carbonyl (C=O) groups is 1. The van der Waals surface area contributed by atoms with E-state index in [2.05, 4.69) is 26.2 Å². The molecule has 0 saturated heterocycles. The van der Waals surface area contributed by atoms with Crippen LogP contribution >= 0.6 is 27.5 Å². The lowest BCUT2D eigenvalue weighted by Gasteiger charge is -2.13. The van der Waals surface area contributed by atoms with Gasteiger partial charge in [-0.2, -0.15) is 0 Å². The van der Waals surface area contributed by atoms with E-state index >= 15 is 0 Å². The zero-order valence-electron chi connectivity index (χ0n) is 14.9. The zero-order chi connectivity index (χ0) is 19.7. The third-order valence-corrected chi connectivity index (χ3v) is 4.87. The van der Waals surface area contributed by atoms with Gasteiger partial charge in [-0.15, -0.1) is 10.2 Å². The quantitative estimate of drug-likeness (QED) is 0.519. The van der Waals surface area contributed by atoms with Crippen molar-refractivity contribution in [3.05, 3.63) is 51.5 Å². The highest BCUT2D eigenvalue weighted by atomic mass is 79.9. The van der Waals surface area contributed by atoms with Crippen LogP contribution in [0.5, 0.6) is 11.6 Å². The highest BCUT2D eigenvalue weighted by Crippen LogP contribution is 2.39. The van der Waals surface area contributed by atoms with Gasteiger partial charge < -0.3 is 14.4 Å². The average molecular weight is 451 g/mol. The van der Waals surface area contributed by atoms with Crippen LogP contribution in [0.1, 0.15) is 12.5 Å². The zero-order valence-corrected chi connectivity index (χ0v) is 17.2. The molecule has 1 heterocycles. The van der Waals surface area contributed by atoms with E-state index in [1.54, 1.807) is 36.7 Å². The van der Waals surface area contributed by atoms with E-state index in [1.165, 1.54) is 0 Å². The first-order valence-corrected chi connectivity index (χ1v) is 9.30. The number of hydrogen-bond donors (Lipinski definition) is 1. The number of carbonyl (C=O) groups excluding carboxylic acids is 1. The lowest BCUT2D eigenvalue weighted by atomic mass is 10.2. The molecular weight excluding hydrogens is 434 g/mol. The van der Waals surface area contributed by atoms with Gasteiger partial charge in [-0.1, -0.05) is 27.5 Å². The Morgan fingerprint density at radius 1 is 1.30 bits per heavy atom. The highest BCUT2D eigenvalue weighted by Gasteiger charge is 2.18. The Morgan fingerprint density at radius 2 is 2.04 bits per heavy atom. The summed E-state index contributed by atoms with van der Waals surface area (Å²) in [6.45, 7) is 3.43. The van der Waals surface area contributed by atoms with E-state index in [0.29, 0.717) is 16.2 Å². The number of hydrogen-bond acceptors (Lipinski definition) is 4. The fraction of sp³-hybridized carbons (Fsp3) is 0.211. The Hall–Kier alpha value is -2.38. The number of halogens is 2. The summed E-state index contributed by atoms with van der Waals surface area (Å²) < 4.78 is 8.07. The topological polar surface area (TPSA) is 76.2 Å². The van der Waals surface area contributed by atoms with Crippen LogP contribution in [0, 0.1) is 6.92 Å². The number of fused-ring (bicyclic) bond motifs is 1. The number of aromatic nitrogens is 1. The minimum absolute atomic E-state index is 0.0678. The second-order valence-electron chi connectivity index (χ2n) is 6.10. The molecule has 2 aromatic carbocycles. The predicted molar refractivity (Wildman–Crippen MR) is 108 cm³/mol. The maximum atomic E-state index is 12.3. The first-order valence-electron chi connectivity index (χ1n) is 8.13. The molecule has 1 unspecified atom stereocenters. The van der Waals surface area contributed by atoms with Gasteiger partial charge in [0, 0.05) is 21.9 Å². The molecular formula is C19H17BrClN3O3. The van der Waals surface area contributed by atoms with Gasteiger partial charge in [0.25, 0.3) is 0 Å². The second-order valence-corrected chi connectivity index (χ2v) is 7.45. The lowest BCUT2D eigenvalue weighted by Crippen LogP contribution is -2.21. The number of rotatable bonds is 4. The van der Waals surface area contributed by atoms with Crippen LogP contribution in [0.25, 0.3) is 10.9 Å². The van der Waals surface area contributed by atoms with Crippen molar-refractivity contribution >= 4 is 50.0 Å². The van der Waals surface area contributed by atoms with Gasteiger partial charge in [-0.25, -0.2) is 0 Å². The Labute approximate surface area is 169 Å². The highest BCUT2D eigenvalue weighted by molar-refractivity contribution is 9.10. The molecule has 1 amide bonds. The third-order valence-electron chi connectivity index (χ3n) is 4.14. The van der Waals surface area contributed by atoms with Crippen molar-refractivity contribution in [3.63, 3.8) is 0 Å². The number of aryl methyl sites for hydroxylation is 2. The summed E-state index contributed by atoms with van der Waals surface area (Å²) in [5, 5.41) is 19.3. The minimum atomic E-state index is -0.836. The number of azo groups is 1. The Balaban J connectivity index is 1.83. The molecule has 140 valence electrons. The normalized spacial score (nSPS) is 12.6. The molecule has 6 nitrogen and oxygen atoms in total. The summed E-state index contributed by atoms with van der Waals surface area (Å²) in [6, 6.07) is 10.7. The van der Waals surface area contributed by atoms with Crippen LogP contribution in [0.2, 0.25) is 5.02 Å². The van der Waals surface area contributed by atoms with E-state index in [-0.39, 0.29) is 11.6 Å². The van der Waals surface area contributed by atoms with Crippen LogP contribution in [-0.2, 0) is 11.8 Å². The van der Waals surface area contributed by atoms with E-state index in [0.717, 1.165) is 15.6 Å². The van der Waals surface area contributed by atoms with Crippen LogP contribution in [0.4, 0.5) is 5.69 Å². The molecule has 0 radical (unpaired) electrons. The van der Waals surface area contributed by atoms with Gasteiger partial charge in [0.2, 0.25) is 5.88 Å². The fourth-order valence-corrected chi connectivity index (χ4v) is 3.24. The largest absolute Gasteiger partial charge is 0.493 e. The summed E-state index contributed by atoms with van der Waals surface area (Å²) in [5.74, 6) is -0.0788. The molecule has 0 spiro atoms. The molecule has 8 heteroatoms. The molecule has 0 bridgehead atoms. The van der Waals surface area contributed by atoms with Crippen molar-refractivity contribution in [1.82, 2.24) is 4.57 Å². The van der Waals surface area contributed by atoms with Gasteiger partial charge in [0.05, 0.1) is 5.52 Å². The summed E-state index contributed by atoms with van der Waals surface area (Å²) in [6.07, 6.45) is -0.836. The lowest BCUT2D eigenvalue weighted by molar-refractivity contribution is -0.124. The van der Waals surface area contributed by atoms with Gasteiger partial charge >= 0.3 is 5.91 Å². The number of nitrogens with zero attached hydrogens (tertiary/aromatic N) is 3. The number of ether oxygens (including phenoxy) is 1. The van der Waals surface area contributed by atoms with Crippen molar-refractivity contribution in [2.24, 2.45) is 17.3 Å². The first kappa shape index (κ1) is 19.4. The van der Waals surface area contributed by atoms with Gasteiger partial charge in [-0.05, 0) is 55.8 Å². The van der Waals surface area contributed by atoms with E-state index in [1.807, 2.05) is 25.1 Å². The summed E-state index contributed by atoms with van der Waals surface area (Å²) in [5.41, 5.74) is 1.82. The molecule has 0 aliphatic rings. The standard InChI is InChI=1S/C19H17BrClN3O3/c1-10-8-13(21)5-7-16(10)27-11(2)18(25)23-22-17-14-9-12(20)4-6-15(14)24(3)19(17)26/h4-9,11,26H,1-3H3. The van der Waals surface area contributed by atoms with Crippen LogP contribution in [-0.4, -0.2) is 21.7 Å². The molecule has 1 aromatic heterocycles. The molecule has 3 rings (SSSR count). The molecule has 3 aromatic rings. The Morgan fingerprint density at radius 3 is 2.74 bits per heavy atom. The summed E-state index contributed by atoms with van der Waals surface area (Å²) in [4.78, 5) is 12.3. The van der Waals surface area contributed by atoms with Crippen LogP contribution < -0.4 is 4.74 Å². The van der Waals surface area contributed by atoms with Crippen molar-refractivity contribution in [3.8, 4) is 11.6 Å². The number of amides is 1. The van der Waals surface area contributed by atoms with Crippen LogP contribution in [0.3, 0.4) is 0 Å². The Bertz CT molecular complexity index is 1060. The SMILES string of the molecule is Cc1cc(Cl)ccc1OC(C)C(=O)N=Nc1c(O)n(C)c2ccc(Br)cc12. The van der Waals surface area contributed by atoms with Gasteiger partial charge in [0.1, 0.15) is 5.75 Å². The van der Waals surface area contributed by atoms with E-state index in [4.69, 9.17) is 16.3 Å². The van der Waals surface area contributed by atoms with Crippen LogP contribution in [0.15, 0.2) is 51.1 Å². The third kappa shape index (κ3) is 3.99. The molecule has 1 N–H and O–H groups in total. The average Bonchev–Trinajstić information content (AvgIpc) is 2.85. The molecule has 27 heavy (non-hydrogen) atoms. The Kier molecular flexibility index (Phi) is 5.53. The minimum Gasteiger partial charge on any atom is -0.493 e. The van der Waals surface area contributed by atoms with Crippen molar-refractivity contribution in [1.29, 1.82) is 0 Å². The van der Waals surface area contributed by atoms with Crippen molar-refractivity contribution < 1.29 is 14.6 Å². The predicted octanol–water partition coefficient (Wildman–Crippen LogP) is 5.69. The maximum absolute atomic E-state index is 12.3. The fourth-order valence-electron chi connectivity index (χ4n) is 2.65. The second kappa shape index (κ2) is 7.70. The van der Waals surface area contributed by atoms with Gasteiger partial charge in [-0.3, -0.25) is 4.79 Å². The monoisotopic (exact) mass is 449 g/mol.